The van der Waals surface area contributed by atoms with Crippen LogP contribution in [0.1, 0.15) is 5.56 Å². The van der Waals surface area contributed by atoms with Crippen LogP contribution in [0.25, 0.3) is 10.8 Å². The highest BCUT2D eigenvalue weighted by atomic mass is 32.1. The molecular weight excluding hydrogens is 202 g/mol. The van der Waals surface area contributed by atoms with Crippen LogP contribution in [0.4, 0.5) is 0 Å². The molecule has 0 aromatic heterocycles. The van der Waals surface area contributed by atoms with Crippen molar-refractivity contribution >= 4 is 28.0 Å². The molecule has 0 atom stereocenters. The molecule has 0 heterocycles. The third-order valence-electron chi connectivity index (χ3n) is 2.43. The third-order valence-corrected chi connectivity index (χ3v) is 3.01. The predicted octanol–water partition coefficient (Wildman–Crippen LogP) is 3.08. The molecule has 0 unspecified atom stereocenters. The molecule has 0 spiro atoms. The molecule has 0 saturated carbocycles. The minimum atomic E-state index is 0.881. The average molecular weight is 215 g/mol. The molecule has 0 bridgehead atoms. The summed E-state index contributed by atoms with van der Waals surface area (Å²) in [6.07, 6.45) is 0. The van der Waals surface area contributed by atoms with Gasteiger partial charge in [0.1, 0.15) is 4.99 Å². The van der Waals surface area contributed by atoms with Gasteiger partial charge in [0.25, 0.3) is 0 Å². The van der Waals surface area contributed by atoms with E-state index in [1.165, 1.54) is 10.8 Å². The first-order valence-corrected chi connectivity index (χ1v) is 5.30. The highest BCUT2D eigenvalue weighted by Crippen LogP contribution is 2.19. The Morgan fingerprint density at radius 2 is 1.67 bits per heavy atom. The second-order valence-electron chi connectivity index (χ2n) is 3.73. The van der Waals surface area contributed by atoms with Gasteiger partial charge in [-0.1, -0.05) is 54.7 Å². The third kappa shape index (κ3) is 1.85. The zero-order chi connectivity index (χ0) is 10.8. The first-order valence-electron chi connectivity index (χ1n) is 4.89. The fraction of sp³-hybridized carbons (Fsp3) is 0.154. The summed E-state index contributed by atoms with van der Waals surface area (Å²) in [6, 6.07) is 14.5. The lowest BCUT2D eigenvalue weighted by atomic mass is 10.0. The molecule has 0 aliphatic rings. The van der Waals surface area contributed by atoms with E-state index in [0.717, 1.165) is 10.6 Å². The number of thiocarbonyl (C=S) groups is 1. The van der Waals surface area contributed by atoms with Gasteiger partial charge in [0.2, 0.25) is 0 Å². The summed E-state index contributed by atoms with van der Waals surface area (Å²) in [4.78, 5) is 2.85. The van der Waals surface area contributed by atoms with E-state index in [1.807, 2.05) is 37.2 Å². The Balaban J connectivity index is 2.66. The summed E-state index contributed by atoms with van der Waals surface area (Å²) >= 11 is 5.40. The number of hydrogen-bond donors (Lipinski definition) is 0. The lowest BCUT2D eigenvalue weighted by molar-refractivity contribution is 0.637. The van der Waals surface area contributed by atoms with E-state index in [2.05, 4.69) is 24.3 Å². The van der Waals surface area contributed by atoms with E-state index in [9.17, 15) is 0 Å². The Hall–Kier alpha value is -1.41. The lowest BCUT2D eigenvalue weighted by Crippen LogP contribution is -2.20. The Kier molecular flexibility index (Phi) is 2.69. The molecule has 0 fully saturated rings. The van der Waals surface area contributed by atoms with Crippen molar-refractivity contribution < 1.29 is 0 Å². The van der Waals surface area contributed by atoms with Crippen LogP contribution >= 0.6 is 12.2 Å². The van der Waals surface area contributed by atoms with Gasteiger partial charge in [-0.3, -0.25) is 0 Å². The summed E-state index contributed by atoms with van der Waals surface area (Å²) in [5.41, 5.74) is 1.13. The van der Waals surface area contributed by atoms with Crippen molar-refractivity contribution in [2.75, 3.05) is 14.1 Å². The van der Waals surface area contributed by atoms with Crippen molar-refractivity contribution in [3.05, 3.63) is 48.0 Å². The van der Waals surface area contributed by atoms with Gasteiger partial charge >= 0.3 is 0 Å². The summed E-state index contributed by atoms with van der Waals surface area (Å²) in [7, 11) is 3.95. The first kappa shape index (κ1) is 10.1. The van der Waals surface area contributed by atoms with Crippen LogP contribution in [-0.4, -0.2) is 24.0 Å². The van der Waals surface area contributed by atoms with E-state index in [-0.39, 0.29) is 0 Å². The normalized spacial score (nSPS) is 10.3. The molecule has 2 aromatic rings. The van der Waals surface area contributed by atoms with Crippen LogP contribution < -0.4 is 0 Å². The van der Waals surface area contributed by atoms with Gasteiger partial charge in [0.05, 0.1) is 0 Å². The predicted molar refractivity (Wildman–Crippen MR) is 69.3 cm³/mol. The Morgan fingerprint density at radius 1 is 1.00 bits per heavy atom. The van der Waals surface area contributed by atoms with Crippen LogP contribution in [0.2, 0.25) is 0 Å². The summed E-state index contributed by atoms with van der Waals surface area (Å²) in [5, 5.41) is 2.46. The highest BCUT2D eigenvalue weighted by Gasteiger charge is 2.06. The van der Waals surface area contributed by atoms with E-state index in [4.69, 9.17) is 12.2 Å². The zero-order valence-electron chi connectivity index (χ0n) is 8.90. The summed E-state index contributed by atoms with van der Waals surface area (Å²) in [6.45, 7) is 0. The molecule has 1 nitrogen and oxygen atoms in total. The second kappa shape index (κ2) is 3.99. The molecule has 15 heavy (non-hydrogen) atoms. The van der Waals surface area contributed by atoms with Crippen molar-refractivity contribution in [3.8, 4) is 0 Å². The lowest BCUT2D eigenvalue weighted by Gasteiger charge is -2.15. The van der Waals surface area contributed by atoms with E-state index < -0.39 is 0 Å². The van der Waals surface area contributed by atoms with Gasteiger partial charge in [-0.25, -0.2) is 0 Å². The van der Waals surface area contributed by atoms with Crippen molar-refractivity contribution in [1.29, 1.82) is 0 Å². The SMILES string of the molecule is CN(C)C(=S)c1cccc2ccccc12. The van der Waals surface area contributed by atoms with Crippen LogP contribution in [0.15, 0.2) is 42.5 Å². The molecule has 2 aromatic carbocycles. The zero-order valence-corrected chi connectivity index (χ0v) is 9.71. The standard InChI is InChI=1S/C13H13NS/c1-14(2)13(15)12-9-5-7-10-6-3-4-8-11(10)12/h3-9H,1-2H3. The monoisotopic (exact) mass is 215 g/mol. The van der Waals surface area contributed by atoms with Gasteiger partial charge < -0.3 is 4.90 Å². The number of fused-ring (bicyclic) bond motifs is 1. The van der Waals surface area contributed by atoms with Crippen LogP contribution in [0.3, 0.4) is 0 Å². The Bertz CT molecular complexity index is 497. The van der Waals surface area contributed by atoms with Crippen molar-refractivity contribution in [2.24, 2.45) is 0 Å². The molecule has 0 radical (unpaired) electrons. The fourth-order valence-electron chi connectivity index (χ4n) is 1.65. The average Bonchev–Trinajstić information content (AvgIpc) is 2.27. The van der Waals surface area contributed by atoms with E-state index in [1.54, 1.807) is 0 Å². The van der Waals surface area contributed by atoms with Crippen LogP contribution in [0, 0.1) is 0 Å². The molecular formula is C13H13NS. The molecule has 0 aliphatic heterocycles. The Labute approximate surface area is 95.3 Å². The van der Waals surface area contributed by atoms with E-state index in [0.29, 0.717) is 0 Å². The van der Waals surface area contributed by atoms with Crippen molar-refractivity contribution in [2.45, 2.75) is 0 Å². The number of benzene rings is 2. The minimum Gasteiger partial charge on any atom is -0.368 e. The minimum absolute atomic E-state index is 0.881. The van der Waals surface area contributed by atoms with E-state index >= 15 is 0 Å². The van der Waals surface area contributed by atoms with Gasteiger partial charge in [-0.05, 0) is 10.8 Å². The maximum Gasteiger partial charge on any atom is 0.109 e. The molecule has 0 aliphatic carbocycles. The summed E-state index contributed by atoms with van der Waals surface area (Å²) in [5.74, 6) is 0. The van der Waals surface area contributed by atoms with Crippen molar-refractivity contribution in [3.63, 3.8) is 0 Å². The molecule has 76 valence electrons. The second-order valence-corrected chi connectivity index (χ2v) is 4.11. The highest BCUT2D eigenvalue weighted by molar-refractivity contribution is 7.80. The van der Waals surface area contributed by atoms with Crippen LogP contribution in [0.5, 0.6) is 0 Å². The number of nitrogens with zero attached hydrogens (tertiary/aromatic N) is 1. The fourth-order valence-corrected chi connectivity index (χ4v) is 1.83. The number of rotatable bonds is 1. The molecule has 0 saturated heterocycles. The maximum absolute atomic E-state index is 5.40. The van der Waals surface area contributed by atoms with Gasteiger partial charge in [0.15, 0.2) is 0 Å². The quantitative estimate of drug-likeness (QED) is 0.673. The summed E-state index contributed by atoms with van der Waals surface area (Å²) < 4.78 is 0. The van der Waals surface area contributed by atoms with Crippen LogP contribution in [-0.2, 0) is 0 Å². The maximum atomic E-state index is 5.40. The molecule has 2 rings (SSSR count). The van der Waals surface area contributed by atoms with Gasteiger partial charge in [-0.2, -0.15) is 0 Å². The van der Waals surface area contributed by atoms with Gasteiger partial charge in [-0.15, -0.1) is 0 Å². The van der Waals surface area contributed by atoms with Crippen molar-refractivity contribution in [1.82, 2.24) is 4.90 Å². The molecule has 0 amide bonds. The topological polar surface area (TPSA) is 3.24 Å². The Morgan fingerprint density at radius 3 is 2.40 bits per heavy atom. The molecule has 2 heteroatoms. The van der Waals surface area contributed by atoms with Gasteiger partial charge in [0, 0.05) is 19.7 Å². The number of hydrogen-bond acceptors (Lipinski definition) is 1. The molecule has 0 N–H and O–H groups in total. The smallest absolute Gasteiger partial charge is 0.109 e. The largest absolute Gasteiger partial charge is 0.368 e. The first-order chi connectivity index (χ1) is 7.20.